The average Bonchev–Trinajstić information content (AvgIpc) is 2.35. The Balaban J connectivity index is 3.37. The van der Waals surface area contributed by atoms with Gasteiger partial charge in [0.25, 0.3) is 0 Å². The van der Waals surface area contributed by atoms with Crippen LogP contribution in [0.4, 0.5) is 0 Å². The molecular formula is C14H29NO3. The molecule has 0 aliphatic rings. The molecule has 0 saturated heterocycles. The van der Waals surface area contributed by atoms with Crippen LogP contribution in [-0.2, 0) is 14.3 Å². The van der Waals surface area contributed by atoms with Crippen LogP contribution in [0.1, 0.15) is 58.8 Å². The number of hydrogen-bond acceptors (Lipinski definition) is 4. The van der Waals surface area contributed by atoms with Gasteiger partial charge in [-0.1, -0.05) is 32.6 Å². The minimum Gasteiger partial charge on any atom is -0.468 e. The van der Waals surface area contributed by atoms with Gasteiger partial charge in [0.05, 0.1) is 7.11 Å². The Bertz CT molecular complexity index is 217. The van der Waals surface area contributed by atoms with Crippen molar-refractivity contribution in [1.82, 2.24) is 0 Å². The van der Waals surface area contributed by atoms with Gasteiger partial charge in [-0.05, 0) is 26.2 Å². The minimum atomic E-state index is -0.890. The molecule has 0 heterocycles. The summed E-state index contributed by atoms with van der Waals surface area (Å²) in [4.78, 5) is 11.3. The Labute approximate surface area is 111 Å². The first-order valence-corrected chi connectivity index (χ1v) is 6.99. The summed E-state index contributed by atoms with van der Waals surface area (Å²) in [6.07, 6.45) is 7.62. The zero-order valence-electron chi connectivity index (χ0n) is 12.2. The summed E-state index contributed by atoms with van der Waals surface area (Å²) in [6, 6.07) is 0. The summed E-state index contributed by atoms with van der Waals surface area (Å²) >= 11 is 0. The lowest BCUT2D eigenvalue weighted by Crippen LogP contribution is -2.45. The third-order valence-electron chi connectivity index (χ3n) is 3.03. The largest absolute Gasteiger partial charge is 0.468 e. The fraction of sp³-hybridized carbons (Fsp3) is 0.929. The topological polar surface area (TPSA) is 61.5 Å². The Morgan fingerprint density at radius 2 is 1.72 bits per heavy atom. The number of methoxy groups -OCH3 is 1. The maximum absolute atomic E-state index is 11.3. The van der Waals surface area contributed by atoms with Crippen molar-refractivity contribution in [2.24, 2.45) is 5.73 Å². The number of carbonyl (C=O) groups excluding carboxylic acids is 1. The minimum absolute atomic E-state index is 0.359. The molecule has 0 aromatic heterocycles. The molecule has 0 saturated carbocycles. The van der Waals surface area contributed by atoms with Crippen LogP contribution in [0.3, 0.4) is 0 Å². The molecule has 108 valence electrons. The molecule has 0 radical (unpaired) electrons. The molecule has 0 bridgehead atoms. The predicted molar refractivity (Wildman–Crippen MR) is 73.4 cm³/mol. The number of ether oxygens (including phenoxy) is 2. The molecule has 0 amide bonds. The van der Waals surface area contributed by atoms with Gasteiger partial charge < -0.3 is 15.2 Å². The van der Waals surface area contributed by atoms with Crippen LogP contribution in [0.5, 0.6) is 0 Å². The maximum atomic E-state index is 11.3. The van der Waals surface area contributed by atoms with E-state index in [0.29, 0.717) is 13.0 Å². The number of hydrogen-bond donors (Lipinski definition) is 1. The first-order valence-electron chi connectivity index (χ1n) is 6.99. The molecule has 4 heteroatoms. The molecule has 0 spiro atoms. The first kappa shape index (κ1) is 17.4. The van der Waals surface area contributed by atoms with E-state index in [2.05, 4.69) is 11.7 Å². The fourth-order valence-corrected chi connectivity index (χ4v) is 1.79. The Kier molecular flexibility index (Phi) is 9.98. The Hall–Kier alpha value is -0.610. The van der Waals surface area contributed by atoms with E-state index in [1.807, 2.05) is 0 Å². The first-order chi connectivity index (χ1) is 8.54. The lowest BCUT2D eigenvalue weighted by Gasteiger charge is -2.20. The average molecular weight is 259 g/mol. The highest BCUT2D eigenvalue weighted by Crippen LogP contribution is 2.11. The van der Waals surface area contributed by atoms with Crippen LogP contribution in [0.2, 0.25) is 0 Å². The Morgan fingerprint density at radius 1 is 1.11 bits per heavy atom. The van der Waals surface area contributed by atoms with Gasteiger partial charge in [0, 0.05) is 13.2 Å². The number of rotatable bonds is 11. The van der Waals surface area contributed by atoms with Crippen LogP contribution >= 0.6 is 0 Å². The molecular weight excluding hydrogens is 230 g/mol. The third kappa shape index (κ3) is 8.48. The summed E-state index contributed by atoms with van der Waals surface area (Å²) < 4.78 is 10.2. The van der Waals surface area contributed by atoms with Crippen molar-refractivity contribution >= 4 is 5.97 Å². The summed E-state index contributed by atoms with van der Waals surface area (Å²) in [5.74, 6) is -0.359. The quantitative estimate of drug-likeness (QED) is 0.458. The van der Waals surface area contributed by atoms with Crippen molar-refractivity contribution in [3.05, 3.63) is 0 Å². The molecule has 1 atom stereocenters. The molecule has 0 aliphatic carbocycles. The molecule has 0 aromatic rings. The second-order valence-corrected chi connectivity index (χ2v) is 5.04. The van der Waals surface area contributed by atoms with Crippen molar-refractivity contribution in [1.29, 1.82) is 0 Å². The van der Waals surface area contributed by atoms with Crippen molar-refractivity contribution in [3.63, 3.8) is 0 Å². The summed E-state index contributed by atoms with van der Waals surface area (Å²) in [7, 11) is 1.36. The zero-order valence-corrected chi connectivity index (χ0v) is 12.2. The summed E-state index contributed by atoms with van der Waals surface area (Å²) in [5.41, 5.74) is 4.95. The molecule has 0 fully saturated rings. The summed E-state index contributed by atoms with van der Waals surface area (Å²) in [6.45, 7) is 5.38. The number of esters is 1. The van der Waals surface area contributed by atoms with E-state index < -0.39 is 5.54 Å². The van der Waals surface area contributed by atoms with Gasteiger partial charge >= 0.3 is 5.97 Å². The van der Waals surface area contributed by atoms with Gasteiger partial charge in [0.2, 0.25) is 0 Å². The SMILES string of the molecule is CCCCCCCOCCCC(C)(N)C(=O)OC. The van der Waals surface area contributed by atoms with Crippen LogP contribution in [0.15, 0.2) is 0 Å². The second kappa shape index (κ2) is 10.3. The predicted octanol–water partition coefficient (Wildman–Crippen LogP) is 2.64. The highest BCUT2D eigenvalue weighted by Gasteiger charge is 2.28. The van der Waals surface area contributed by atoms with Crippen molar-refractivity contribution in [3.8, 4) is 0 Å². The van der Waals surface area contributed by atoms with Crippen LogP contribution in [0.25, 0.3) is 0 Å². The molecule has 1 unspecified atom stereocenters. The van der Waals surface area contributed by atoms with E-state index in [4.69, 9.17) is 10.5 Å². The molecule has 4 nitrogen and oxygen atoms in total. The van der Waals surface area contributed by atoms with E-state index in [9.17, 15) is 4.79 Å². The monoisotopic (exact) mass is 259 g/mol. The normalized spacial score (nSPS) is 14.2. The highest BCUT2D eigenvalue weighted by atomic mass is 16.5. The highest BCUT2D eigenvalue weighted by molar-refractivity contribution is 5.79. The van der Waals surface area contributed by atoms with E-state index in [0.717, 1.165) is 19.4 Å². The third-order valence-corrected chi connectivity index (χ3v) is 3.03. The lowest BCUT2D eigenvalue weighted by atomic mass is 9.98. The van der Waals surface area contributed by atoms with Gasteiger partial charge in [-0.3, -0.25) is 4.79 Å². The fourth-order valence-electron chi connectivity index (χ4n) is 1.79. The van der Waals surface area contributed by atoms with Gasteiger partial charge in [-0.25, -0.2) is 0 Å². The number of nitrogens with two attached hydrogens (primary N) is 1. The van der Waals surface area contributed by atoms with E-state index >= 15 is 0 Å². The summed E-state index contributed by atoms with van der Waals surface area (Å²) in [5, 5.41) is 0. The van der Waals surface area contributed by atoms with E-state index in [1.54, 1.807) is 6.92 Å². The maximum Gasteiger partial charge on any atom is 0.325 e. The molecule has 0 aromatic carbocycles. The smallest absolute Gasteiger partial charge is 0.325 e. The molecule has 18 heavy (non-hydrogen) atoms. The second-order valence-electron chi connectivity index (χ2n) is 5.04. The van der Waals surface area contributed by atoms with E-state index in [1.165, 1.54) is 32.8 Å². The van der Waals surface area contributed by atoms with Gasteiger partial charge in [-0.2, -0.15) is 0 Å². The Morgan fingerprint density at radius 3 is 2.33 bits per heavy atom. The molecule has 0 aliphatic heterocycles. The van der Waals surface area contributed by atoms with Gasteiger partial charge in [0.1, 0.15) is 5.54 Å². The lowest BCUT2D eigenvalue weighted by molar-refractivity contribution is -0.146. The molecule has 0 rings (SSSR count). The van der Waals surface area contributed by atoms with Crippen LogP contribution in [-0.4, -0.2) is 31.8 Å². The molecule has 2 N–H and O–H groups in total. The van der Waals surface area contributed by atoms with Gasteiger partial charge in [-0.15, -0.1) is 0 Å². The van der Waals surface area contributed by atoms with Crippen molar-refractivity contribution in [2.75, 3.05) is 20.3 Å². The van der Waals surface area contributed by atoms with Crippen LogP contribution < -0.4 is 5.73 Å². The van der Waals surface area contributed by atoms with Gasteiger partial charge in [0.15, 0.2) is 0 Å². The number of unbranched alkanes of at least 4 members (excludes halogenated alkanes) is 4. The van der Waals surface area contributed by atoms with E-state index in [-0.39, 0.29) is 5.97 Å². The standard InChI is InChI=1S/C14H29NO3/c1-4-5-6-7-8-11-18-12-9-10-14(2,15)13(16)17-3/h4-12,15H2,1-3H3. The van der Waals surface area contributed by atoms with Crippen LogP contribution in [0, 0.1) is 0 Å². The number of carbonyl (C=O) groups is 1. The van der Waals surface area contributed by atoms with Crippen molar-refractivity contribution in [2.45, 2.75) is 64.3 Å². The zero-order chi connectivity index (χ0) is 13.9. The van der Waals surface area contributed by atoms with Crippen molar-refractivity contribution < 1.29 is 14.3 Å².